The maximum Gasteiger partial charge on any atom is 0.318 e. The normalized spacial score (nSPS) is 14.8. The molecule has 0 aliphatic carbocycles. The van der Waals surface area contributed by atoms with Gasteiger partial charge in [-0.2, -0.15) is 0 Å². The van der Waals surface area contributed by atoms with Gasteiger partial charge in [0.25, 0.3) is 0 Å². The van der Waals surface area contributed by atoms with Crippen LogP contribution in [0.15, 0.2) is 39.0 Å². The van der Waals surface area contributed by atoms with Gasteiger partial charge in [0, 0.05) is 31.9 Å². The third kappa shape index (κ3) is 4.66. The van der Waals surface area contributed by atoms with Crippen LogP contribution in [0, 0.1) is 0 Å². The second kappa shape index (κ2) is 9.74. The highest BCUT2D eigenvalue weighted by Crippen LogP contribution is 2.26. The predicted octanol–water partition coefficient (Wildman–Crippen LogP) is 1.79. The summed E-state index contributed by atoms with van der Waals surface area (Å²) in [5.41, 5.74) is 0.547. The van der Waals surface area contributed by atoms with Crippen LogP contribution in [0.1, 0.15) is 18.9 Å². The first-order valence-corrected chi connectivity index (χ1v) is 11.7. The van der Waals surface area contributed by atoms with Crippen molar-refractivity contribution in [1.29, 1.82) is 0 Å². The van der Waals surface area contributed by atoms with Crippen molar-refractivity contribution >= 4 is 28.7 Å². The molecule has 32 heavy (non-hydrogen) atoms. The van der Waals surface area contributed by atoms with E-state index < -0.39 is 11.1 Å². The Bertz CT molecular complexity index is 1200. The van der Waals surface area contributed by atoms with E-state index in [0.717, 1.165) is 49.7 Å². The van der Waals surface area contributed by atoms with Gasteiger partial charge in [-0.25, -0.2) is 9.97 Å². The lowest BCUT2D eigenvalue weighted by molar-refractivity contribution is 0.312. The maximum atomic E-state index is 12.9. The van der Waals surface area contributed by atoms with Crippen molar-refractivity contribution in [2.24, 2.45) is 0 Å². The standard InChI is InChI=1S/C22H28N6O3S/c1-4-13-32-22-24-18(27-11-9-26(2)10-12-27)17-19(25-22)28(21(30)20(29)23-17)14-15-5-7-16(31-3)8-6-15/h5-8H,4,9-14H2,1-3H3,(H,23,29). The number of H-pyrrole nitrogens is 1. The molecular formula is C22H28N6O3S. The van der Waals surface area contributed by atoms with Crippen molar-refractivity contribution in [2.45, 2.75) is 25.0 Å². The number of thioether (sulfide) groups is 1. The Morgan fingerprint density at radius 2 is 1.81 bits per heavy atom. The van der Waals surface area contributed by atoms with E-state index in [2.05, 4.69) is 28.8 Å². The number of nitrogens with one attached hydrogen (secondary N) is 1. The summed E-state index contributed by atoms with van der Waals surface area (Å²) in [6.45, 7) is 5.73. The largest absolute Gasteiger partial charge is 0.497 e. The second-order valence-electron chi connectivity index (χ2n) is 7.86. The van der Waals surface area contributed by atoms with E-state index in [1.165, 1.54) is 4.57 Å². The summed E-state index contributed by atoms with van der Waals surface area (Å²) >= 11 is 1.56. The zero-order valence-corrected chi connectivity index (χ0v) is 19.4. The lowest BCUT2D eigenvalue weighted by Gasteiger charge is -2.33. The summed E-state index contributed by atoms with van der Waals surface area (Å²) in [6.07, 6.45) is 0.986. The molecule has 0 spiro atoms. The molecule has 1 aliphatic heterocycles. The average Bonchev–Trinajstić information content (AvgIpc) is 2.81. The van der Waals surface area contributed by atoms with Crippen LogP contribution in [0.4, 0.5) is 5.82 Å². The Labute approximate surface area is 190 Å². The molecule has 3 aromatic rings. The zero-order chi connectivity index (χ0) is 22.7. The molecule has 0 atom stereocenters. The van der Waals surface area contributed by atoms with E-state index in [1.807, 2.05) is 24.3 Å². The number of nitrogens with zero attached hydrogens (tertiary/aromatic N) is 5. The smallest absolute Gasteiger partial charge is 0.318 e. The average molecular weight is 457 g/mol. The topological polar surface area (TPSA) is 96.4 Å². The summed E-state index contributed by atoms with van der Waals surface area (Å²) in [6, 6.07) is 7.44. The fourth-order valence-electron chi connectivity index (χ4n) is 3.68. The van der Waals surface area contributed by atoms with Crippen molar-refractivity contribution in [1.82, 2.24) is 24.4 Å². The molecule has 4 rings (SSSR count). The minimum absolute atomic E-state index is 0.236. The van der Waals surface area contributed by atoms with Gasteiger partial charge >= 0.3 is 11.1 Å². The fraction of sp³-hybridized carbons (Fsp3) is 0.455. The molecule has 2 aromatic heterocycles. The molecule has 0 saturated carbocycles. The van der Waals surface area contributed by atoms with Crippen molar-refractivity contribution in [3.8, 4) is 5.75 Å². The van der Waals surface area contributed by atoms with Crippen LogP contribution in [0.5, 0.6) is 5.75 Å². The van der Waals surface area contributed by atoms with Gasteiger partial charge < -0.3 is 19.5 Å². The number of aromatic nitrogens is 4. The van der Waals surface area contributed by atoms with Crippen molar-refractivity contribution in [2.75, 3.05) is 51.0 Å². The number of rotatable bonds is 7. The SMILES string of the molecule is CCCSc1nc(N2CCN(C)CC2)c2[nH]c(=O)c(=O)n(Cc3ccc(OC)cc3)c2n1. The van der Waals surface area contributed by atoms with Crippen LogP contribution in [0.2, 0.25) is 0 Å². The molecule has 1 N–H and O–H groups in total. The van der Waals surface area contributed by atoms with Gasteiger partial charge in [-0.05, 0) is 31.2 Å². The van der Waals surface area contributed by atoms with E-state index in [9.17, 15) is 9.59 Å². The number of benzene rings is 1. The lowest BCUT2D eigenvalue weighted by Crippen LogP contribution is -2.45. The summed E-state index contributed by atoms with van der Waals surface area (Å²) in [4.78, 5) is 42.1. The fourth-order valence-corrected chi connectivity index (χ4v) is 4.36. The van der Waals surface area contributed by atoms with Crippen LogP contribution in [0.3, 0.4) is 0 Å². The predicted molar refractivity (Wildman–Crippen MR) is 127 cm³/mol. The lowest BCUT2D eigenvalue weighted by atomic mass is 10.2. The highest BCUT2D eigenvalue weighted by Gasteiger charge is 2.22. The first-order valence-electron chi connectivity index (χ1n) is 10.7. The number of anilines is 1. The first-order chi connectivity index (χ1) is 15.5. The summed E-state index contributed by atoms with van der Waals surface area (Å²) in [7, 11) is 3.70. The molecule has 9 nitrogen and oxygen atoms in total. The molecule has 1 saturated heterocycles. The number of likely N-dealkylation sites (N-methyl/N-ethyl adjacent to an activating group) is 1. The number of hydrogen-bond acceptors (Lipinski definition) is 8. The van der Waals surface area contributed by atoms with E-state index in [-0.39, 0.29) is 6.54 Å². The van der Waals surface area contributed by atoms with Crippen molar-refractivity contribution in [3.05, 3.63) is 50.5 Å². The van der Waals surface area contributed by atoms with Gasteiger partial charge in [0.05, 0.1) is 13.7 Å². The minimum Gasteiger partial charge on any atom is -0.497 e. The number of ether oxygens (including phenoxy) is 1. The zero-order valence-electron chi connectivity index (χ0n) is 18.6. The number of fused-ring (bicyclic) bond motifs is 1. The van der Waals surface area contributed by atoms with Crippen molar-refractivity contribution < 1.29 is 4.74 Å². The Hall–Kier alpha value is -2.85. The number of aromatic amines is 1. The number of methoxy groups -OCH3 is 1. The number of piperazine rings is 1. The maximum absolute atomic E-state index is 12.9. The molecule has 1 aromatic carbocycles. The van der Waals surface area contributed by atoms with Gasteiger partial charge in [-0.3, -0.25) is 14.2 Å². The van der Waals surface area contributed by atoms with Gasteiger partial charge in [0.2, 0.25) is 0 Å². The first kappa shape index (κ1) is 22.3. The molecule has 10 heteroatoms. The summed E-state index contributed by atoms with van der Waals surface area (Å²) in [5.74, 6) is 2.29. The Kier molecular flexibility index (Phi) is 6.80. The Morgan fingerprint density at radius 3 is 2.47 bits per heavy atom. The van der Waals surface area contributed by atoms with Crippen LogP contribution in [0.25, 0.3) is 11.2 Å². The van der Waals surface area contributed by atoms with E-state index in [0.29, 0.717) is 22.1 Å². The molecule has 0 bridgehead atoms. The number of hydrogen-bond donors (Lipinski definition) is 1. The summed E-state index contributed by atoms with van der Waals surface area (Å²) < 4.78 is 6.67. The van der Waals surface area contributed by atoms with E-state index in [4.69, 9.17) is 14.7 Å². The summed E-state index contributed by atoms with van der Waals surface area (Å²) in [5, 5.41) is 0.614. The molecule has 170 valence electrons. The molecule has 3 heterocycles. The molecule has 1 fully saturated rings. The van der Waals surface area contributed by atoms with Crippen molar-refractivity contribution in [3.63, 3.8) is 0 Å². The van der Waals surface area contributed by atoms with Gasteiger partial charge in [-0.1, -0.05) is 30.8 Å². The quantitative estimate of drug-likeness (QED) is 0.327. The van der Waals surface area contributed by atoms with Crippen LogP contribution < -0.4 is 20.8 Å². The second-order valence-corrected chi connectivity index (χ2v) is 8.92. The van der Waals surface area contributed by atoms with Gasteiger partial charge in [0.1, 0.15) is 11.3 Å². The Balaban J connectivity index is 1.86. The van der Waals surface area contributed by atoms with Gasteiger partial charge in [-0.15, -0.1) is 0 Å². The Morgan fingerprint density at radius 1 is 1.09 bits per heavy atom. The highest BCUT2D eigenvalue weighted by atomic mass is 32.2. The van der Waals surface area contributed by atoms with Gasteiger partial charge in [0.15, 0.2) is 16.6 Å². The third-order valence-corrected chi connectivity index (χ3v) is 6.57. The monoisotopic (exact) mass is 456 g/mol. The third-order valence-electron chi connectivity index (χ3n) is 5.52. The molecule has 0 unspecified atom stereocenters. The molecule has 1 aliphatic rings. The molecule has 0 radical (unpaired) electrons. The van der Waals surface area contributed by atoms with E-state index in [1.54, 1.807) is 18.9 Å². The van der Waals surface area contributed by atoms with E-state index >= 15 is 0 Å². The van der Waals surface area contributed by atoms with Crippen LogP contribution in [-0.4, -0.2) is 70.5 Å². The van der Waals surface area contributed by atoms with Crippen LogP contribution in [-0.2, 0) is 6.54 Å². The molecule has 0 amide bonds. The minimum atomic E-state index is -0.668. The molecular weight excluding hydrogens is 428 g/mol. The highest BCUT2D eigenvalue weighted by molar-refractivity contribution is 7.99. The van der Waals surface area contributed by atoms with Crippen LogP contribution >= 0.6 is 11.8 Å².